The molecule has 0 amide bonds. The quantitative estimate of drug-likeness (QED) is 0.914. The lowest BCUT2D eigenvalue weighted by molar-refractivity contribution is 0.107. The molecule has 2 rings (SSSR count). The van der Waals surface area contributed by atoms with Gasteiger partial charge in [0.05, 0.1) is 24.3 Å². The van der Waals surface area contributed by atoms with Crippen LogP contribution in [0, 0.1) is 11.3 Å². The van der Waals surface area contributed by atoms with Gasteiger partial charge in [0.25, 0.3) is 0 Å². The van der Waals surface area contributed by atoms with Crippen molar-refractivity contribution in [1.29, 1.82) is 5.26 Å². The van der Waals surface area contributed by atoms with Gasteiger partial charge in [-0.05, 0) is 24.1 Å². The van der Waals surface area contributed by atoms with Gasteiger partial charge in [0.15, 0.2) is 0 Å². The van der Waals surface area contributed by atoms with Crippen LogP contribution in [-0.4, -0.2) is 42.4 Å². The number of halogens is 1. The Labute approximate surface area is 118 Å². The summed E-state index contributed by atoms with van der Waals surface area (Å²) in [5.41, 5.74) is 1.52. The molecule has 0 bridgehead atoms. The summed E-state index contributed by atoms with van der Waals surface area (Å²) in [7, 11) is 1.69. The average Bonchev–Trinajstić information content (AvgIpc) is 2.83. The number of aliphatic hydroxyl groups is 1. The van der Waals surface area contributed by atoms with Crippen LogP contribution in [0.25, 0.3) is 0 Å². The van der Waals surface area contributed by atoms with Crippen LogP contribution in [0.3, 0.4) is 0 Å². The molecule has 1 heterocycles. The van der Waals surface area contributed by atoms with E-state index in [-0.39, 0.29) is 18.8 Å². The fraction of sp³-hybridized carbons (Fsp3) is 0.500. The second-order valence-electron chi connectivity index (χ2n) is 4.77. The molecule has 1 aliphatic heterocycles. The zero-order chi connectivity index (χ0) is 13.8. The zero-order valence-corrected chi connectivity index (χ0v) is 11.6. The molecule has 1 aliphatic rings. The van der Waals surface area contributed by atoms with Gasteiger partial charge in [0.1, 0.15) is 0 Å². The molecule has 1 aromatic carbocycles. The van der Waals surface area contributed by atoms with E-state index in [9.17, 15) is 5.11 Å². The molecular formula is C14H17ClN2O2. The van der Waals surface area contributed by atoms with Crippen molar-refractivity contribution in [3.05, 3.63) is 34.3 Å². The summed E-state index contributed by atoms with van der Waals surface area (Å²) in [5, 5.41) is 19.1. The van der Waals surface area contributed by atoms with Crippen LogP contribution in [0.1, 0.15) is 17.5 Å². The molecule has 5 heteroatoms. The van der Waals surface area contributed by atoms with E-state index in [0.717, 1.165) is 18.5 Å². The molecule has 0 saturated carbocycles. The largest absolute Gasteiger partial charge is 0.395 e. The van der Waals surface area contributed by atoms with Gasteiger partial charge in [-0.3, -0.25) is 4.90 Å². The van der Waals surface area contributed by atoms with Crippen molar-refractivity contribution in [2.75, 3.05) is 20.3 Å². The van der Waals surface area contributed by atoms with Gasteiger partial charge < -0.3 is 9.84 Å². The highest BCUT2D eigenvalue weighted by atomic mass is 35.5. The molecule has 1 aromatic rings. The zero-order valence-electron chi connectivity index (χ0n) is 10.8. The lowest BCUT2D eigenvalue weighted by atomic mass is 10.1. The topological polar surface area (TPSA) is 56.5 Å². The van der Waals surface area contributed by atoms with Crippen molar-refractivity contribution in [1.82, 2.24) is 4.90 Å². The van der Waals surface area contributed by atoms with E-state index < -0.39 is 0 Å². The molecule has 102 valence electrons. The van der Waals surface area contributed by atoms with Crippen LogP contribution in [0.5, 0.6) is 0 Å². The maximum atomic E-state index is 9.42. The fourth-order valence-electron chi connectivity index (χ4n) is 2.50. The normalized spacial score (nSPS) is 23.5. The van der Waals surface area contributed by atoms with E-state index in [1.165, 1.54) is 0 Å². The van der Waals surface area contributed by atoms with Crippen molar-refractivity contribution in [2.24, 2.45) is 0 Å². The Hall–Kier alpha value is -1.12. The van der Waals surface area contributed by atoms with Crippen molar-refractivity contribution < 1.29 is 9.84 Å². The second kappa shape index (κ2) is 6.36. The summed E-state index contributed by atoms with van der Waals surface area (Å²) in [4.78, 5) is 2.15. The predicted molar refractivity (Wildman–Crippen MR) is 72.9 cm³/mol. The van der Waals surface area contributed by atoms with Crippen molar-refractivity contribution in [3.8, 4) is 6.07 Å². The summed E-state index contributed by atoms with van der Waals surface area (Å²) in [5.74, 6) is 0. The first-order chi connectivity index (χ1) is 9.17. The van der Waals surface area contributed by atoms with E-state index in [4.69, 9.17) is 21.6 Å². The highest BCUT2D eigenvalue weighted by Crippen LogP contribution is 2.24. The SMILES string of the molecule is CO[C@H]1C[C@@H](CO)N(Cc2ccc(Cl)cc2C#N)C1. The first-order valence-electron chi connectivity index (χ1n) is 6.24. The fourth-order valence-corrected chi connectivity index (χ4v) is 2.67. The monoisotopic (exact) mass is 280 g/mol. The number of likely N-dealkylation sites (tertiary alicyclic amines) is 1. The lowest BCUT2D eigenvalue weighted by Crippen LogP contribution is -2.32. The smallest absolute Gasteiger partial charge is 0.0995 e. The van der Waals surface area contributed by atoms with Crippen LogP contribution in [-0.2, 0) is 11.3 Å². The van der Waals surface area contributed by atoms with E-state index in [1.54, 1.807) is 19.2 Å². The Morgan fingerprint density at radius 1 is 1.58 bits per heavy atom. The van der Waals surface area contributed by atoms with Crippen LogP contribution in [0.2, 0.25) is 5.02 Å². The molecule has 1 fully saturated rings. The molecule has 1 N–H and O–H groups in total. The maximum absolute atomic E-state index is 9.42. The third-order valence-corrected chi connectivity index (χ3v) is 3.83. The first kappa shape index (κ1) is 14.3. The number of nitriles is 1. The number of nitrogens with zero attached hydrogens (tertiary/aromatic N) is 2. The van der Waals surface area contributed by atoms with E-state index in [2.05, 4.69) is 11.0 Å². The number of hydrogen-bond acceptors (Lipinski definition) is 4. The standard InChI is InChI=1S/C14H17ClN2O2/c1-19-14-5-13(9-18)17(8-14)7-10-2-3-12(15)4-11(10)6-16/h2-4,13-14,18H,5,7-9H2,1H3/t13-,14-/m0/s1. The van der Waals surface area contributed by atoms with Crippen LogP contribution < -0.4 is 0 Å². The van der Waals surface area contributed by atoms with Crippen LogP contribution in [0.15, 0.2) is 18.2 Å². The molecule has 1 saturated heterocycles. The van der Waals surface area contributed by atoms with Gasteiger partial charge in [-0.15, -0.1) is 0 Å². The minimum atomic E-state index is 0.0900. The molecule has 0 spiro atoms. The van der Waals surface area contributed by atoms with Gasteiger partial charge in [0, 0.05) is 31.3 Å². The number of rotatable bonds is 4. The minimum Gasteiger partial charge on any atom is -0.395 e. The molecular weight excluding hydrogens is 264 g/mol. The number of benzene rings is 1. The van der Waals surface area contributed by atoms with Gasteiger partial charge in [-0.1, -0.05) is 17.7 Å². The Morgan fingerprint density at radius 2 is 2.37 bits per heavy atom. The summed E-state index contributed by atoms with van der Waals surface area (Å²) in [6.45, 7) is 1.51. The number of aliphatic hydroxyl groups excluding tert-OH is 1. The Balaban J connectivity index is 2.15. The van der Waals surface area contributed by atoms with Crippen molar-refractivity contribution in [2.45, 2.75) is 25.1 Å². The molecule has 19 heavy (non-hydrogen) atoms. The van der Waals surface area contributed by atoms with Crippen LogP contribution in [0.4, 0.5) is 0 Å². The summed E-state index contributed by atoms with van der Waals surface area (Å²) in [6.07, 6.45) is 0.970. The Bertz CT molecular complexity index is 487. The molecule has 2 atom stereocenters. The molecule has 0 aliphatic carbocycles. The maximum Gasteiger partial charge on any atom is 0.0995 e. The number of hydrogen-bond donors (Lipinski definition) is 1. The van der Waals surface area contributed by atoms with E-state index in [1.807, 2.05) is 6.07 Å². The van der Waals surface area contributed by atoms with E-state index >= 15 is 0 Å². The van der Waals surface area contributed by atoms with E-state index in [0.29, 0.717) is 17.1 Å². The van der Waals surface area contributed by atoms with Gasteiger partial charge in [-0.25, -0.2) is 0 Å². The third kappa shape index (κ3) is 3.26. The number of methoxy groups -OCH3 is 1. The third-order valence-electron chi connectivity index (χ3n) is 3.60. The molecule has 4 nitrogen and oxygen atoms in total. The van der Waals surface area contributed by atoms with Gasteiger partial charge in [0.2, 0.25) is 0 Å². The number of ether oxygens (including phenoxy) is 1. The van der Waals surface area contributed by atoms with Gasteiger partial charge >= 0.3 is 0 Å². The summed E-state index contributed by atoms with van der Waals surface area (Å²) < 4.78 is 5.35. The molecule has 0 aromatic heterocycles. The Kier molecular flexibility index (Phi) is 4.78. The highest BCUT2D eigenvalue weighted by Gasteiger charge is 2.31. The Morgan fingerprint density at radius 3 is 3.00 bits per heavy atom. The molecule has 0 unspecified atom stereocenters. The highest BCUT2D eigenvalue weighted by molar-refractivity contribution is 6.30. The predicted octanol–water partition coefficient (Wildman–Crippen LogP) is 1.79. The average molecular weight is 281 g/mol. The minimum absolute atomic E-state index is 0.0900. The van der Waals surface area contributed by atoms with Crippen molar-refractivity contribution in [3.63, 3.8) is 0 Å². The van der Waals surface area contributed by atoms with Crippen molar-refractivity contribution >= 4 is 11.6 Å². The van der Waals surface area contributed by atoms with Crippen LogP contribution >= 0.6 is 11.6 Å². The first-order valence-corrected chi connectivity index (χ1v) is 6.62. The summed E-state index contributed by atoms with van der Waals surface area (Å²) >= 11 is 5.89. The van der Waals surface area contributed by atoms with Gasteiger partial charge in [-0.2, -0.15) is 5.26 Å². The lowest BCUT2D eigenvalue weighted by Gasteiger charge is -2.22. The second-order valence-corrected chi connectivity index (χ2v) is 5.21. The summed E-state index contributed by atoms with van der Waals surface area (Å²) in [6, 6.07) is 7.59. The molecule has 0 radical (unpaired) electrons.